The van der Waals surface area contributed by atoms with Crippen LogP contribution in [0.4, 0.5) is 0 Å². The number of nitrogens with zero attached hydrogens (tertiary/aromatic N) is 1. The van der Waals surface area contributed by atoms with Crippen molar-refractivity contribution in [2.75, 3.05) is 0 Å². The second kappa shape index (κ2) is 10.6. The third-order valence-corrected chi connectivity index (χ3v) is 7.13. The number of carbonyl (C=O) groups is 1. The van der Waals surface area contributed by atoms with Crippen molar-refractivity contribution < 1.29 is 9.90 Å². The van der Waals surface area contributed by atoms with E-state index in [0.29, 0.717) is 6.42 Å². The Labute approximate surface area is 187 Å². The number of aliphatic carboxylic acids is 1. The fourth-order valence-corrected chi connectivity index (χ4v) is 5.28. The number of carboxylic acid groups (broad SMARTS) is 1. The molecular formula is C28H35NO2. The van der Waals surface area contributed by atoms with Gasteiger partial charge in [0.15, 0.2) is 5.41 Å². The van der Waals surface area contributed by atoms with Crippen LogP contribution in [0.1, 0.15) is 82.3 Å². The summed E-state index contributed by atoms with van der Waals surface area (Å²) in [5.41, 5.74) is 3.34. The molecule has 0 amide bonds. The van der Waals surface area contributed by atoms with Gasteiger partial charge < -0.3 is 5.11 Å². The van der Waals surface area contributed by atoms with E-state index in [-0.39, 0.29) is 11.8 Å². The summed E-state index contributed by atoms with van der Waals surface area (Å²) in [7, 11) is 0. The van der Waals surface area contributed by atoms with Gasteiger partial charge in [-0.3, -0.25) is 4.79 Å². The highest BCUT2D eigenvalue weighted by atomic mass is 16.4. The molecule has 1 N–H and O–H groups in total. The Hall–Kier alpha value is -2.60. The highest BCUT2D eigenvalue weighted by Gasteiger charge is 2.52. The number of benzene rings is 2. The minimum Gasteiger partial charge on any atom is -0.480 e. The molecule has 164 valence electrons. The molecule has 3 rings (SSSR count). The molecule has 3 unspecified atom stereocenters. The van der Waals surface area contributed by atoms with Crippen LogP contribution in [0.15, 0.2) is 48.5 Å². The van der Waals surface area contributed by atoms with Gasteiger partial charge in [0, 0.05) is 5.92 Å². The van der Waals surface area contributed by atoms with Crippen LogP contribution in [0.5, 0.6) is 0 Å². The van der Waals surface area contributed by atoms with Crippen LogP contribution >= 0.6 is 0 Å². The number of unbranched alkanes of at least 4 members (excludes halogenated alkanes) is 3. The highest BCUT2D eigenvalue weighted by molar-refractivity contribution is 5.80. The van der Waals surface area contributed by atoms with E-state index in [2.05, 4.69) is 56.3 Å². The molecular weight excluding hydrogens is 382 g/mol. The molecule has 31 heavy (non-hydrogen) atoms. The van der Waals surface area contributed by atoms with Crippen molar-refractivity contribution in [3.8, 4) is 17.2 Å². The van der Waals surface area contributed by atoms with Crippen LogP contribution in [0.2, 0.25) is 0 Å². The number of hydrogen-bond donors (Lipinski definition) is 1. The van der Waals surface area contributed by atoms with Crippen molar-refractivity contribution in [3.05, 3.63) is 59.7 Å². The highest BCUT2D eigenvalue weighted by Crippen LogP contribution is 2.51. The number of aryl methyl sites for hydroxylation is 1. The van der Waals surface area contributed by atoms with Gasteiger partial charge in [0.1, 0.15) is 0 Å². The second-order valence-electron chi connectivity index (χ2n) is 9.06. The van der Waals surface area contributed by atoms with Crippen LogP contribution in [0, 0.1) is 22.7 Å². The first-order valence-corrected chi connectivity index (χ1v) is 11.9. The van der Waals surface area contributed by atoms with Gasteiger partial charge in [-0.25, -0.2) is 0 Å². The first-order chi connectivity index (χ1) is 15.1. The second-order valence-corrected chi connectivity index (χ2v) is 9.06. The Balaban J connectivity index is 1.80. The SMILES string of the molecule is CCCCCCc1ccc(-c2ccc(C3C(CC)CCCC3(C#N)C(=O)O)cc2)cc1. The van der Waals surface area contributed by atoms with Gasteiger partial charge in [-0.1, -0.05) is 94.5 Å². The fourth-order valence-electron chi connectivity index (χ4n) is 5.28. The third-order valence-electron chi connectivity index (χ3n) is 7.13. The number of hydrogen-bond acceptors (Lipinski definition) is 2. The normalized spacial score (nSPS) is 23.3. The topological polar surface area (TPSA) is 61.1 Å². The minimum atomic E-state index is -1.32. The molecule has 1 saturated carbocycles. The number of nitriles is 1. The molecule has 0 saturated heterocycles. The van der Waals surface area contributed by atoms with E-state index < -0.39 is 11.4 Å². The van der Waals surface area contributed by atoms with Gasteiger partial charge in [-0.2, -0.15) is 5.26 Å². The monoisotopic (exact) mass is 417 g/mol. The summed E-state index contributed by atoms with van der Waals surface area (Å²) >= 11 is 0. The molecule has 0 bridgehead atoms. The van der Waals surface area contributed by atoms with E-state index in [1.54, 1.807) is 0 Å². The summed E-state index contributed by atoms with van der Waals surface area (Å²) < 4.78 is 0. The molecule has 1 fully saturated rings. The zero-order valence-corrected chi connectivity index (χ0v) is 18.9. The maximum absolute atomic E-state index is 12.2. The molecule has 0 spiro atoms. The van der Waals surface area contributed by atoms with Crippen molar-refractivity contribution in [3.63, 3.8) is 0 Å². The number of carboxylic acids is 1. The fraction of sp³-hybridized carbons (Fsp3) is 0.500. The first kappa shape index (κ1) is 23.1. The summed E-state index contributed by atoms with van der Waals surface area (Å²) in [5, 5.41) is 19.8. The standard InChI is InChI=1S/C28H35NO2/c1-3-5-6-7-9-21-11-13-23(14-12-21)24-15-17-25(18-16-24)26-22(4-2)10-8-19-28(26,20-29)27(30)31/h11-18,22,26H,3-10,19H2,1-2H3,(H,30,31). The van der Waals surface area contributed by atoms with Crippen LogP contribution in [-0.4, -0.2) is 11.1 Å². The van der Waals surface area contributed by atoms with Crippen LogP contribution in [-0.2, 0) is 11.2 Å². The zero-order valence-electron chi connectivity index (χ0n) is 18.9. The van der Waals surface area contributed by atoms with Gasteiger partial charge in [0.25, 0.3) is 0 Å². The largest absolute Gasteiger partial charge is 0.480 e. The van der Waals surface area contributed by atoms with Crippen molar-refractivity contribution >= 4 is 5.97 Å². The average molecular weight is 418 g/mol. The molecule has 0 aliphatic heterocycles. The third kappa shape index (κ3) is 5.01. The molecule has 3 atom stereocenters. The lowest BCUT2D eigenvalue weighted by Crippen LogP contribution is -2.42. The Bertz CT molecular complexity index is 894. The lowest BCUT2D eigenvalue weighted by molar-refractivity contribution is -0.149. The van der Waals surface area contributed by atoms with E-state index in [1.807, 2.05) is 12.1 Å². The van der Waals surface area contributed by atoms with E-state index in [0.717, 1.165) is 36.8 Å². The average Bonchev–Trinajstić information content (AvgIpc) is 2.81. The molecule has 3 nitrogen and oxygen atoms in total. The van der Waals surface area contributed by atoms with Gasteiger partial charge in [0.05, 0.1) is 6.07 Å². The molecule has 0 aromatic heterocycles. The Kier molecular flexibility index (Phi) is 7.91. The molecule has 3 heteroatoms. The molecule has 0 heterocycles. The molecule has 2 aromatic rings. The first-order valence-electron chi connectivity index (χ1n) is 11.9. The Morgan fingerprint density at radius 2 is 1.68 bits per heavy atom. The lowest BCUT2D eigenvalue weighted by atomic mass is 9.59. The molecule has 1 aliphatic rings. The zero-order chi connectivity index (χ0) is 22.3. The summed E-state index contributed by atoms with van der Waals surface area (Å²) in [6.45, 7) is 4.34. The van der Waals surface area contributed by atoms with Gasteiger partial charge in [-0.05, 0) is 53.9 Å². The van der Waals surface area contributed by atoms with Crippen molar-refractivity contribution in [2.24, 2.45) is 11.3 Å². The minimum absolute atomic E-state index is 0.224. The maximum atomic E-state index is 12.2. The smallest absolute Gasteiger partial charge is 0.324 e. The van der Waals surface area contributed by atoms with Gasteiger partial charge in [-0.15, -0.1) is 0 Å². The molecule has 0 radical (unpaired) electrons. The predicted molar refractivity (Wildman–Crippen MR) is 126 cm³/mol. The lowest BCUT2D eigenvalue weighted by Gasteiger charge is -2.41. The molecule has 2 aromatic carbocycles. The van der Waals surface area contributed by atoms with Crippen LogP contribution in [0.25, 0.3) is 11.1 Å². The van der Waals surface area contributed by atoms with Crippen LogP contribution in [0.3, 0.4) is 0 Å². The predicted octanol–water partition coefficient (Wildman–Crippen LogP) is 7.36. The van der Waals surface area contributed by atoms with E-state index in [4.69, 9.17) is 0 Å². The Morgan fingerprint density at radius 3 is 2.23 bits per heavy atom. The van der Waals surface area contributed by atoms with Crippen molar-refractivity contribution in [1.29, 1.82) is 5.26 Å². The summed E-state index contributed by atoms with van der Waals surface area (Å²) in [5.74, 6) is -1.01. The van der Waals surface area contributed by atoms with Crippen molar-refractivity contribution in [1.82, 2.24) is 0 Å². The van der Waals surface area contributed by atoms with Gasteiger partial charge in [0.2, 0.25) is 0 Å². The number of rotatable bonds is 9. The maximum Gasteiger partial charge on any atom is 0.324 e. The molecule has 1 aliphatic carbocycles. The van der Waals surface area contributed by atoms with E-state index >= 15 is 0 Å². The van der Waals surface area contributed by atoms with Gasteiger partial charge >= 0.3 is 5.97 Å². The van der Waals surface area contributed by atoms with Crippen LogP contribution < -0.4 is 0 Å². The van der Waals surface area contributed by atoms with E-state index in [9.17, 15) is 15.2 Å². The quantitative estimate of drug-likeness (QED) is 0.433. The summed E-state index contributed by atoms with van der Waals surface area (Å²) in [6.07, 6.45) is 9.34. The van der Waals surface area contributed by atoms with Crippen molar-refractivity contribution in [2.45, 2.75) is 77.6 Å². The summed E-state index contributed by atoms with van der Waals surface area (Å²) in [6, 6.07) is 19.2. The summed E-state index contributed by atoms with van der Waals surface area (Å²) in [4.78, 5) is 12.2. The Morgan fingerprint density at radius 1 is 1.03 bits per heavy atom. The van der Waals surface area contributed by atoms with E-state index in [1.165, 1.54) is 36.8 Å².